The van der Waals surface area contributed by atoms with Gasteiger partial charge in [0.25, 0.3) is 0 Å². The Kier molecular flexibility index (Phi) is 4.21. The van der Waals surface area contributed by atoms with Crippen molar-refractivity contribution in [2.75, 3.05) is 0 Å². The highest BCUT2D eigenvalue weighted by atomic mass is 16.6. The zero-order valence-corrected chi connectivity index (χ0v) is 12.5. The van der Waals surface area contributed by atoms with Crippen molar-refractivity contribution in [3.05, 3.63) is 30.4 Å². The van der Waals surface area contributed by atoms with E-state index in [0.29, 0.717) is 11.7 Å². The SMILES string of the molecule is C[C@H](NC(=O)OC(C)(C)C)c1nc(-c2cccnc2)no1. The number of alkyl carbamates (subject to hydrolysis) is 1. The van der Waals surface area contributed by atoms with Crippen LogP contribution in [0.15, 0.2) is 29.0 Å². The smallest absolute Gasteiger partial charge is 0.408 e. The Balaban J connectivity index is 2.03. The van der Waals surface area contributed by atoms with Crippen LogP contribution in [0.25, 0.3) is 11.4 Å². The number of amides is 1. The van der Waals surface area contributed by atoms with E-state index in [2.05, 4.69) is 20.4 Å². The molecule has 21 heavy (non-hydrogen) atoms. The molecule has 0 fully saturated rings. The molecule has 0 spiro atoms. The predicted molar refractivity (Wildman–Crippen MR) is 75.3 cm³/mol. The molecule has 1 atom stereocenters. The van der Waals surface area contributed by atoms with E-state index in [1.54, 1.807) is 46.2 Å². The second-order valence-electron chi connectivity index (χ2n) is 5.57. The van der Waals surface area contributed by atoms with Crippen molar-refractivity contribution < 1.29 is 14.1 Å². The highest BCUT2D eigenvalue weighted by molar-refractivity contribution is 5.68. The second kappa shape index (κ2) is 5.90. The summed E-state index contributed by atoms with van der Waals surface area (Å²) in [6.07, 6.45) is 2.77. The van der Waals surface area contributed by atoms with Crippen molar-refractivity contribution >= 4 is 6.09 Å². The number of rotatable bonds is 3. The van der Waals surface area contributed by atoms with Crippen molar-refractivity contribution in [3.63, 3.8) is 0 Å². The number of carbonyl (C=O) groups excluding carboxylic acids is 1. The number of ether oxygens (including phenoxy) is 1. The Labute approximate surface area is 122 Å². The van der Waals surface area contributed by atoms with E-state index in [1.807, 2.05) is 6.07 Å². The molecule has 0 aliphatic rings. The molecule has 2 rings (SSSR count). The summed E-state index contributed by atoms with van der Waals surface area (Å²) in [5.41, 5.74) is 0.191. The van der Waals surface area contributed by atoms with Gasteiger partial charge < -0.3 is 14.6 Å². The Morgan fingerprint density at radius 1 is 1.43 bits per heavy atom. The van der Waals surface area contributed by atoms with Gasteiger partial charge in [0.05, 0.1) is 0 Å². The number of aromatic nitrogens is 3. The Hall–Kier alpha value is -2.44. The Morgan fingerprint density at radius 2 is 2.19 bits per heavy atom. The third-order valence-electron chi connectivity index (χ3n) is 2.47. The van der Waals surface area contributed by atoms with E-state index < -0.39 is 17.7 Å². The molecule has 7 heteroatoms. The molecule has 0 unspecified atom stereocenters. The van der Waals surface area contributed by atoms with Crippen LogP contribution >= 0.6 is 0 Å². The minimum atomic E-state index is -0.556. The van der Waals surface area contributed by atoms with Crippen molar-refractivity contribution in [1.29, 1.82) is 0 Å². The van der Waals surface area contributed by atoms with Crippen LogP contribution in [0.5, 0.6) is 0 Å². The van der Waals surface area contributed by atoms with Gasteiger partial charge in [-0.25, -0.2) is 4.79 Å². The van der Waals surface area contributed by atoms with Crippen LogP contribution in [0, 0.1) is 0 Å². The van der Waals surface area contributed by atoms with Crippen molar-refractivity contribution in [2.45, 2.75) is 39.3 Å². The minimum Gasteiger partial charge on any atom is -0.444 e. The number of hydrogen-bond acceptors (Lipinski definition) is 6. The van der Waals surface area contributed by atoms with Crippen LogP contribution in [-0.2, 0) is 4.74 Å². The molecule has 7 nitrogen and oxygen atoms in total. The van der Waals surface area contributed by atoms with Crippen molar-refractivity contribution in [3.8, 4) is 11.4 Å². The minimum absolute atomic E-state index is 0.305. The lowest BCUT2D eigenvalue weighted by atomic mass is 10.2. The van der Waals surface area contributed by atoms with Gasteiger partial charge in [0.15, 0.2) is 0 Å². The van der Waals surface area contributed by atoms with Crippen molar-refractivity contribution in [2.24, 2.45) is 0 Å². The molecule has 0 saturated carbocycles. The fourth-order valence-corrected chi connectivity index (χ4v) is 1.57. The number of nitrogens with zero attached hydrogens (tertiary/aromatic N) is 3. The molecule has 0 aromatic carbocycles. The molecule has 0 bridgehead atoms. The normalized spacial score (nSPS) is 12.8. The number of hydrogen-bond donors (Lipinski definition) is 1. The lowest BCUT2D eigenvalue weighted by molar-refractivity contribution is 0.0499. The van der Waals surface area contributed by atoms with Crippen molar-refractivity contribution in [1.82, 2.24) is 20.4 Å². The molecule has 0 radical (unpaired) electrons. The first-order chi connectivity index (χ1) is 9.85. The van der Waals surface area contributed by atoms with Crippen LogP contribution in [0.1, 0.15) is 39.6 Å². The molecule has 2 aromatic rings. The zero-order chi connectivity index (χ0) is 15.5. The van der Waals surface area contributed by atoms with Crippen LogP contribution < -0.4 is 5.32 Å². The quantitative estimate of drug-likeness (QED) is 0.934. The van der Waals surface area contributed by atoms with E-state index in [9.17, 15) is 4.79 Å². The molecule has 0 saturated heterocycles. The first-order valence-corrected chi connectivity index (χ1v) is 6.59. The summed E-state index contributed by atoms with van der Waals surface area (Å²) < 4.78 is 10.3. The van der Waals surface area contributed by atoms with Gasteiger partial charge in [0.2, 0.25) is 11.7 Å². The fourth-order valence-electron chi connectivity index (χ4n) is 1.57. The fraction of sp³-hybridized carbons (Fsp3) is 0.429. The Morgan fingerprint density at radius 3 is 2.81 bits per heavy atom. The van der Waals surface area contributed by atoms with E-state index >= 15 is 0 Å². The lowest BCUT2D eigenvalue weighted by Gasteiger charge is -2.20. The monoisotopic (exact) mass is 290 g/mol. The third-order valence-corrected chi connectivity index (χ3v) is 2.47. The van der Waals surface area contributed by atoms with Gasteiger partial charge >= 0.3 is 6.09 Å². The largest absolute Gasteiger partial charge is 0.444 e. The molecule has 0 aliphatic heterocycles. The second-order valence-corrected chi connectivity index (χ2v) is 5.57. The first-order valence-electron chi connectivity index (χ1n) is 6.59. The summed E-state index contributed by atoms with van der Waals surface area (Å²) in [4.78, 5) is 19.9. The van der Waals surface area contributed by atoms with Gasteiger partial charge in [0, 0.05) is 18.0 Å². The van der Waals surface area contributed by atoms with Crippen LogP contribution in [-0.4, -0.2) is 26.8 Å². The topological polar surface area (TPSA) is 90.1 Å². The van der Waals surface area contributed by atoms with E-state index in [0.717, 1.165) is 5.56 Å². The van der Waals surface area contributed by atoms with Gasteiger partial charge in [-0.15, -0.1) is 0 Å². The maximum absolute atomic E-state index is 11.7. The van der Waals surface area contributed by atoms with Gasteiger partial charge in [-0.1, -0.05) is 5.16 Å². The zero-order valence-electron chi connectivity index (χ0n) is 12.5. The van der Waals surface area contributed by atoms with E-state index in [1.165, 1.54) is 0 Å². The first kappa shape index (κ1) is 15.0. The van der Waals surface area contributed by atoms with Gasteiger partial charge in [-0.3, -0.25) is 4.98 Å². The maximum Gasteiger partial charge on any atom is 0.408 e. The molecule has 2 heterocycles. The van der Waals surface area contributed by atoms with Gasteiger partial charge in [-0.2, -0.15) is 4.98 Å². The lowest BCUT2D eigenvalue weighted by Crippen LogP contribution is -2.34. The van der Waals surface area contributed by atoms with Gasteiger partial charge in [0.1, 0.15) is 11.6 Å². The molecular weight excluding hydrogens is 272 g/mol. The molecule has 112 valence electrons. The molecular formula is C14H18N4O3. The van der Waals surface area contributed by atoms with Gasteiger partial charge in [-0.05, 0) is 39.8 Å². The third kappa shape index (κ3) is 4.27. The summed E-state index contributed by atoms with van der Waals surface area (Å²) in [6.45, 7) is 7.13. The highest BCUT2D eigenvalue weighted by Crippen LogP contribution is 2.18. The molecule has 2 aromatic heterocycles. The summed E-state index contributed by atoms with van der Waals surface area (Å²) in [7, 11) is 0. The molecule has 1 N–H and O–H groups in total. The van der Waals surface area contributed by atoms with Crippen LogP contribution in [0.3, 0.4) is 0 Å². The number of pyridine rings is 1. The standard InChI is InChI=1S/C14H18N4O3/c1-9(16-13(19)20-14(2,3)4)12-17-11(18-21-12)10-6-5-7-15-8-10/h5-9H,1-4H3,(H,16,19)/t9-/m0/s1. The van der Waals surface area contributed by atoms with E-state index in [-0.39, 0.29) is 0 Å². The number of nitrogens with one attached hydrogen (secondary N) is 1. The van der Waals surface area contributed by atoms with Crippen LogP contribution in [0.4, 0.5) is 4.79 Å². The van der Waals surface area contributed by atoms with Crippen LogP contribution in [0.2, 0.25) is 0 Å². The summed E-state index contributed by atoms with van der Waals surface area (Å²) >= 11 is 0. The number of carbonyl (C=O) groups is 1. The van der Waals surface area contributed by atoms with E-state index in [4.69, 9.17) is 9.26 Å². The molecule has 1 amide bonds. The Bertz CT molecular complexity index is 604. The molecule has 0 aliphatic carbocycles. The average Bonchev–Trinajstić information content (AvgIpc) is 2.87. The predicted octanol–water partition coefficient (Wildman–Crippen LogP) is 2.72. The maximum atomic E-state index is 11.7. The average molecular weight is 290 g/mol. The summed E-state index contributed by atoms with van der Waals surface area (Å²) in [6, 6.07) is 3.17. The highest BCUT2D eigenvalue weighted by Gasteiger charge is 2.21. The summed E-state index contributed by atoms with van der Waals surface area (Å²) in [5.74, 6) is 0.732. The summed E-state index contributed by atoms with van der Waals surface area (Å²) in [5, 5.41) is 6.52.